The van der Waals surface area contributed by atoms with E-state index in [-0.39, 0.29) is 0 Å². The predicted molar refractivity (Wildman–Crippen MR) is 81.3 cm³/mol. The number of furan rings is 1. The van der Waals surface area contributed by atoms with Crippen LogP contribution in [0.5, 0.6) is 0 Å². The van der Waals surface area contributed by atoms with Crippen LogP contribution in [0.25, 0.3) is 11.0 Å². The second kappa shape index (κ2) is 6.76. The lowest BCUT2D eigenvalue weighted by Gasteiger charge is -2.19. The van der Waals surface area contributed by atoms with E-state index in [1.165, 1.54) is 11.8 Å². The van der Waals surface area contributed by atoms with Gasteiger partial charge in [0.05, 0.1) is 6.04 Å². The first-order valence-electron chi connectivity index (χ1n) is 7.46. The summed E-state index contributed by atoms with van der Waals surface area (Å²) in [7, 11) is 0. The van der Waals surface area contributed by atoms with Gasteiger partial charge < -0.3 is 9.73 Å². The summed E-state index contributed by atoms with van der Waals surface area (Å²) in [5.41, 5.74) is 0.991. The van der Waals surface area contributed by atoms with Gasteiger partial charge in [-0.05, 0) is 37.4 Å². The normalized spacial score (nSPS) is 14.7. The van der Waals surface area contributed by atoms with E-state index in [0.717, 1.165) is 30.7 Å². The average Bonchev–Trinajstić information content (AvgIpc) is 2.86. The number of fused-ring (bicyclic) bond motifs is 1. The molecule has 19 heavy (non-hydrogen) atoms. The Morgan fingerprint density at radius 1 is 1.21 bits per heavy atom. The molecule has 1 aromatic carbocycles. The Morgan fingerprint density at radius 2 is 2.00 bits per heavy atom. The number of hydrogen-bond donors (Lipinski definition) is 1. The van der Waals surface area contributed by atoms with Crippen molar-refractivity contribution in [3.05, 3.63) is 36.1 Å². The number of hydrogen-bond acceptors (Lipinski definition) is 2. The minimum Gasteiger partial charge on any atom is -0.459 e. The molecule has 2 aromatic rings. The quantitative estimate of drug-likeness (QED) is 0.764. The smallest absolute Gasteiger partial charge is 0.134 e. The standard InChI is InChI=1S/C17H25NO/c1-4-10-18-15(11-13(3)5-2)17-12-14-8-6-7-9-16(14)19-17/h6-9,12-13,15,18H,4-5,10-11H2,1-3H3. The molecule has 0 amide bonds. The van der Waals surface area contributed by atoms with Crippen molar-refractivity contribution in [3.8, 4) is 0 Å². The topological polar surface area (TPSA) is 25.2 Å². The Morgan fingerprint density at radius 3 is 2.68 bits per heavy atom. The first-order valence-corrected chi connectivity index (χ1v) is 7.46. The molecule has 0 aliphatic carbocycles. The predicted octanol–water partition coefficient (Wildman–Crippen LogP) is 4.91. The summed E-state index contributed by atoms with van der Waals surface area (Å²) in [4.78, 5) is 0. The van der Waals surface area contributed by atoms with Crippen molar-refractivity contribution < 1.29 is 4.42 Å². The molecule has 1 N–H and O–H groups in total. The van der Waals surface area contributed by atoms with Gasteiger partial charge in [-0.1, -0.05) is 45.4 Å². The van der Waals surface area contributed by atoms with Crippen LogP contribution in [0.4, 0.5) is 0 Å². The molecule has 0 radical (unpaired) electrons. The summed E-state index contributed by atoms with van der Waals surface area (Å²) in [6.07, 6.45) is 3.50. The van der Waals surface area contributed by atoms with Gasteiger partial charge in [0.2, 0.25) is 0 Å². The van der Waals surface area contributed by atoms with Gasteiger partial charge in [0.25, 0.3) is 0 Å². The maximum absolute atomic E-state index is 6.01. The van der Waals surface area contributed by atoms with Gasteiger partial charge >= 0.3 is 0 Å². The summed E-state index contributed by atoms with van der Waals surface area (Å²) < 4.78 is 6.01. The van der Waals surface area contributed by atoms with Crippen LogP contribution in [-0.4, -0.2) is 6.54 Å². The highest BCUT2D eigenvalue weighted by Crippen LogP contribution is 2.28. The number of nitrogens with one attached hydrogen (secondary N) is 1. The molecule has 0 aliphatic rings. The fraction of sp³-hybridized carbons (Fsp3) is 0.529. The number of benzene rings is 1. The maximum atomic E-state index is 6.01. The lowest BCUT2D eigenvalue weighted by Crippen LogP contribution is -2.23. The van der Waals surface area contributed by atoms with E-state index in [9.17, 15) is 0 Å². The molecule has 0 aliphatic heterocycles. The van der Waals surface area contributed by atoms with Crippen LogP contribution >= 0.6 is 0 Å². The molecule has 104 valence electrons. The molecule has 1 aromatic heterocycles. The molecule has 2 atom stereocenters. The summed E-state index contributed by atoms with van der Waals surface area (Å²) in [5, 5.41) is 4.82. The van der Waals surface area contributed by atoms with E-state index in [2.05, 4.69) is 44.3 Å². The summed E-state index contributed by atoms with van der Waals surface area (Å²) in [5.74, 6) is 1.79. The third-order valence-electron chi connectivity index (χ3n) is 3.76. The molecule has 0 bridgehead atoms. The van der Waals surface area contributed by atoms with Gasteiger partial charge in [-0.3, -0.25) is 0 Å². The summed E-state index contributed by atoms with van der Waals surface area (Å²) in [6, 6.07) is 10.8. The van der Waals surface area contributed by atoms with Gasteiger partial charge in [-0.25, -0.2) is 0 Å². The molecule has 2 rings (SSSR count). The van der Waals surface area contributed by atoms with Crippen LogP contribution in [0.3, 0.4) is 0 Å². The van der Waals surface area contributed by atoms with Crippen LogP contribution in [-0.2, 0) is 0 Å². The Bertz CT molecular complexity index is 470. The fourth-order valence-corrected chi connectivity index (χ4v) is 2.36. The summed E-state index contributed by atoms with van der Waals surface area (Å²) in [6.45, 7) is 7.80. The van der Waals surface area contributed by atoms with Crippen molar-refractivity contribution >= 4 is 11.0 Å². The highest BCUT2D eigenvalue weighted by molar-refractivity contribution is 5.77. The maximum Gasteiger partial charge on any atom is 0.134 e. The van der Waals surface area contributed by atoms with Gasteiger partial charge in [0, 0.05) is 5.39 Å². The number of rotatable bonds is 7. The molecule has 1 heterocycles. The largest absolute Gasteiger partial charge is 0.459 e. The lowest BCUT2D eigenvalue weighted by molar-refractivity contribution is 0.355. The average molecular weight is 259 g/mol. The van der Waals surface area contributed by atoms with Gasteiger partial charge in [0.15, 0.2) is 0 Å². The molecule has 0 spiro atoms. The summed E-state index contributed by atoms with van der Waals surface area (Å²) >= 11 is 0. The molecular weight excluding hydrogens is 234 g/mol. The highest BCUT2D eigenvalue weighted by atomic mass is 16.3. The van der Waals surface area contributed by atoms with Crippen LogP contribution in [0.15, 0.2) is 34.7 Å². The SMILES string of the molecule is CCCNC(CC(C)CC)c1cc2ccccc2o1. The monoisotopic (exact) mass is 259 g/mol. The van der Waals surface area contributed by atoms with E-state index >= 15 is 0 Å². The second-order valence-electron chi connectivity index (χ2n) is 5.44. The molecule has 0 fully saturated rings. The van der Waals surface area contributed by atoms with E-state index < -0.39 is 0 Å². The zero-order chi connectivity index (χ0) is 13.7. The third kappa shape index (κ3) is 3.60. The van der Waals surface area contributed by atoms with Crippen LogP contribution in [0, 0.1) is 5.92 Å². The number of para-hydroxylation sites is 1. The van der Waals surface area contributed by atoms with Gasteiger partial charge in [0.1, 0.15) is 11.3 Å². The van der Waals surface area contributed by atoms with E-state index in [1.807, 2.05) is 12.1 Å². The van der Waals surface area contributed by atoms with Crippen molar-refractivity contribution in [3.63, 3.8) is 0 Å². The second-order valence-corrected chi connectivity index (χ2v) is 5.44. The Kier molecular flexibility index (Phi) is 5.03. The van der Waals surface area contributed by atoms with Crippen molar-refractivity contribution in [2.24, 2.45) is 5.92 Å². The molecule has 0 saturated heterocycles. The Hall–Kier alpha value is -1.28. The van der Waals surface area contributed by atoms with Gasteiger partial charge in [-0.2, -0.15) is 0 Å². The zero-order valence-electron chi connectivity index (χ0n) is 12.3. The third-order valence-corrected chi connectivity index (χ3v) is 3.76. The minimum absolute atomic E-state index is 0.335. The zero-order valence-corrected chi connectivity index (χ0v) is 12.3. The van der Waals surface area contributed by atoms with Crippen molar-refractivity contribution in [2.45, 2.75) is 46.1 Å². The minimum atomic E-state index is 0.335. The highest BCUT2D eigenvalue weighted by Gasteiger charge is 2.17. The molecule has 0 saturated carbocycles. The van der Waals surface area contributed by atoms with E-state index in [4.69, 9.17) is 4.42 Å². The van der Waals surface area contributed by atoms with Crippen LogP contribution in [0.1, 0.15) is 51.8 Å². The fourth-order valence-electron chi connectivity index (χ4n) is 2.36. The molecule has 2 heteroatoms. The van der Waals surface area contributed by atoms with Crippen LogP contribution in [0.2, 0.25) is 0 Å². The van der Waals surface area contributed by atoms with Crippen LogP contribution < -0.4 is 5.32 Å². The van der Waals surface area contributed by atoms with Gasteiger partial charge in [-0.15, -0.1) is 0 Å². The van der Waals surface area contributed by atoms with Crippen molar-refractivity contribution in [1.29, 1.82) is 0 Å². The van der Waals surface area contributed by atoms with Crippen molar-refractivity contribution in [1.82, 2.24) is 5.32 Å². The van der Waals surface area contributed by atoms with Crippen molar-refractivity contribution in [2.75, 3.05) is 6.54 Å². The Labute approximate surface area is 116 Å². The first-order chi connectivity index (χ1) is 9.24. The Balaban J connectivity index is 2.20. The molecule has 2 nitrogen and oxygen atoms in total. The molecular formula is C17H25NO. The first kappa shape index (κ1) is 14.1. The molecule has 2 unspecified atom stereocenters. The van der Waals surface area contributed by atoms with E-state index in [1.54, 1.807) is 0 Å². The lowest BCUT2D eigenvalue weighted by atomic mass is 9.97. The van der Waals surface area contributed by atoms with E-state index in [0.29, 0.717) is 12.0 Å².